The zero-order valence-electron chi connectivity index (χ0n) is 9.41. The average molecular weight is 235 g/mol. The van der Waals surface area contributed by atoms with E-state index in [1.54, 1.807) is 22.8 Å². The van der Waals surface area contributed by atoms with Crippen molar-refractivity contribution in [2.75, 3.05) is 5.73 Å². The molecule has 1 aromatic carbocycles. The minimum absolute atomic E-state index is 0.548. The van der Waals surface area contributed by atoms with Crippen molar-refractivity contribution >= 4 is 11.3 Å². The summed E-state index contributed by atoms with van der Waals surface area (Å²) in [5.41, 5.74) is 8.51. The molecule has 2 heterocycles. The quantitative estimate of drug-likeness (QED) is 0.653. The van der Waals surface area contributed by atoms with Crippen LogP contribution in [-0.2, 0) is 0 Å². The molecule has 3 aromatic rings. The molecule has 0 atom stereocenters. The van der Waals surface area contributed by atoms with Gasteiger partial charge in [-0.1, -0.05) is 12.1 Å². The Morgan fingerprint density at radius 2 is 2.11 bits per heavy atom. The van der Waals surface area contributed by atoms with Crippen molar-refractivity contribution in [3.8, 4) is 17.5 Å². The number of hydrogen-bond acceptors (Lipinski definition) is 4. The van der Waals surface area contributed by atoms with E-state index in [4.69, 9.17) is 11.0 Å². The first-order chi connectivity index (χ1) is 8.76. The molecule has 0 radical (unpaired) electrons. The van der Waals surface area contributed by atoms with Crippen molar-refractivity contribution in [3.63, 3.8) is 0 Å². The predicted octanol–water partition coefficient (Wildman–Crippen LogP) is 1.85. The van der Waals surface area contributed by atoms with E-state index in [0.29, 0.717) is 22.7 Å². The molecule has 0 fully saturated rings. The predicted molar refractivity (Wildman–Crippen MR) is 67.6 cm³/mol. The van der Waals surface area contributed by atoms with Gasteiger partial charge >= 0.3 is 0 Å². The lowest BCUT2D eigenvalue weighted by Crippen LogP contribution is -1.89. The van der Waals surface area contributed by atoms with Crippen LogP contribution in [0.25, 0.3) is 17.0 Å². The van der Waals surface area contributed by atoms with E-state index >= 15 is 0 Å². The summed E-state index contributed by atoms with van der Waals surface area (Å²) in [7, 11) is 0. The van der Waals surface area contributed by atoms with Crippen molar-refractivity contribution < 1.29 is 0 Å². The summed E-state index contributed by atoms with van der Waals surface area (Å²) in [6, 6.07) is 12.9. The monoisotopic (exact) mass is 235 g/mol. The van der Waals surface area contributed by atoms with Gasteiger partial charge in [0.2, 0.25) is 0 Å². The molecule has 0 aliphatic heterocycles. The van der Waals surface area contributed by atoms with E-state index in [0.717, 1.165) is 5.56 Å². The van der Waals surface area contributed by atoms with Crippen LogP contribution in [0.1, 0.15) is 5.56 Å². The molecule has 0 saturated heterocycles. The Morgan fingerprint density at radius 3 is 2.89 bits per heavy atom. The van der Waals surface area contributed by atoms with Crippen LogP contribution in [0.2, 0.25) is 0 Å². The van der Waals surface area contributed by atoms with Crippen molar-refractivity contribution in [2.45, 2.75) is 0 Å². The molecule has 86 valence electrons. The fourth-order valence-electron chi connectivity index (χ4n) is 1.75. The van der Waals surface area contributed by atoms with Gasteiger partial charge in [-0.15, -0.1) is 5.10 Å². The molecular formula is C13H9N5. The molecular weight excluding hydrogens is 226 g/mol. The maximum atomic E-state index is 8.83. The van der Waals surface area contributed by atoms with Crippen molar-refractivity contribution in [1.82, 2.24) is 14.6 Å². The minimum Gasteiger partial charge on any atom is -0.399 e. The highest BCUT2D eigenvalue weighted by Gasteiger charge is 2.06. The van der Waals surface area contributed by atoms with Crippen molar-refractivity contribution in [1.29, 1.82) is 5.26 Å². The molecule has 0 aliphatic carbocycles. The van der Waals surface area contributed by atoms with Crippen LogP contribution in [0.3, 0.4) is 0 Å². The maximum absolute atomic E-state index is 8.83. The molecule has 5 heteroatoms. The zero-order chi connectivity index (χ0) is 12.5. The zero-order valence-corrected chi connectivity index (χ0v) is 9.41. The molecule has 0 amide bonds. The van der Waals surface area contributed by atoms with Crippen LogP contribution >= 0.6 is 0 Å². The Labute approximate surface area is 103 Å². The normalized spacial score (nSPS) is 10.4. The number of fused-ring (bicyclic) bond motifs is 1. The third kappa shape index (κ3) is 1.66. The standard InChI is InChI=1S/C13H9N5/c14-7-9-4-5-12-16-13(17-18(12)8-9)10-2-1-3-11(15)6-10/h1-6,8H,15H2. The van der Waals surface area contributed by atoms with Gasteiger partial charge in [-0.25, -0.2) is 9.50 Å². The Kier molecular flexibility index (Phi) is 2.21. The van der Waals surface area contributed by atoms with Crippen LogP contribution in [0.4, 0.5) is 5.69 Å². The highest BCUT2D eigenvalue weighted by Crippen LogP contribution is 2.18. The van der Waals surface area contributed by atoms with E-state index in [9.17, 15) is 0 Å². The minimum atomic E-state index is 0.548. The Bertz CT molecular complexity index is 766. The first-order valence-electron chi connectivity index (χ1n) is 5.39. The molecule has 0 bridgehead atoms. The second-order valence-electron chi connectivity index (χ2n) is 3.89. The van der Waals surface area contributed by atoms with Gasteiger partial charge in [-0.3, -0.25) is 0 Å². The molecule has 2 N–H and O–H groups in total. The number of rotatable bonds is 1. The lowest BCUT2D eigenvalue weighted by molar-refractivity contribution is 0.962. The van der Waals surface area contributed by atoms with Crippen LogP contribution in [0.15, 0.2) is 42.6 Å². The molecule has 3 rings (SSSR count). The molecule has 18 heavy (non-hydrogen) atoms. The number of nitrogens with zero attached hydrogens (tertiary/aromatic N) is 4. The third-order valence-corrected chi connectivity index (χ3v) is 2.60. The van der Waals surface area contributed by atoms with Crippen molar-refractivity contribution in [2.24, 2.45) is 0 Å². The number of anilines is 1. The fraction of sp³-hybridized carbons (Fsp3) is 0. The molecule has 0 aliphatic rings. The summed E-state index contributed by atoms with van der Waals surface area (Å²) in [6.45, 7) is 0. The summed E-state index contributed by atoms with van der Waals surface area (Å²) in [6.07, 6.45) is 1.65. The van der Waals surface area contributed by atoms with Gasteiger partial charge < -0.3 is 5.73 Å². The van der Waals surface area contributed by atoms with Gasteiger partial charge in [0.25, 0.3) is 0 Å². The molecule has 5 nitrogen and oxygen atoms in total. The number of nitrogens with two attached hydrogens (primary N) is 1. The van der Waals surface area contributed by atoms with Gasteiger partial charge in [0.15, 0.2) is 11.5 Å². The van der Waals surface area contributed by atoms with E-state index in [-0.39, 0.29) is 0 Å². The number of hydrogen-bond donors (Lipinski definition) is 1. The summed E-state index contributed by atoms with van der Waals surface area (Å²) in [5.74, 6) is 0.595. The average Bonchev–Trinajstić information content (AvgIpc) is 2.81. The fourth-order valence-corrected chi connectivity index (χ4v) is 1.75. The van der Waals surface area contributed by atoms with Crippen molar-refractivity contribution in [3.05, 3.63) is 48.2 Å². The first kappa shape index (κ1) is 10.3. The molecule has 0 spiro atoms. The topological polar surface area (TPSA) is 80.0 Å². The first-order valence-corrected chi connectivity index (χ1v) is 5.39. The third-order valence-electron chi connectivity index (χ3n) is 2.60. The maximum Gasteiger partial charge on any atom is 0.182 e. The van der Waals surface area contributed by atoms with E-state index < -0.39 is 0 Å². The number of benzene rings is 1. The largest absolute Gasteiger partial charge is 0.399 e. The Balaban J connectivity index is 2.17. The second-order valence-corrected chi connectivity index (χ2v) is 3.89. The summed E-state index contributed by atoms with van der Waals surface area (Å²) >= 11 is 0. The number of nitriles is 1. The Hall–Kier alpha value is -2.87. The highest BCUT2D eigenvalue weighted by molar-refractivity contribution is 5.63. The van der Waals surface area contributed by atoms with Crippen LogP contribution in [0, 0.1) is 11.3 Å². The molecule has 2 aromatic heterocycles. The lowest BCUT2D eigenvalue weighted by Gasteiger charge is -1.95. The van der Waals surface area contributed by atoms with E-state index in [1.165, 1.54) is 0 Å². The van der Waals surface area contributed by atoms with Gasteiger partial charge in [-0.2, -0.15) is 5.26 Å². The number of nitrogen functional groups attached to an aromatic ring is 1. The van der Waals surface area contributed by atoms with Crippen LogP contribution < -0.4 is 5.73 Å². The summed E-state index contributed by atoms with van der Waals surface area (Å²) in [4.78, 5) is 4.39. The van der Waals surface area contributed by atoms with Crippen LogP contribution in [-0.4, -0.2) is 14.6 Å². The number of pyridine rings is 1. The lowest BCUT2D eigenvalue weighted by atomic mass is 10.2. The van der Waals surface area contributed by atoms with E-state index in [2.05, 4.69) is 16.2 Å². The van der Waals surface area contributed by atoms with Gasteiger partial charge in [-0.05, 0) is 24.3 Å². The van der Waals surface area contributed by atoms with Gasteiger partial charge in [0.05, 0.1) is 5.56 Å². The van der Waals surface area contributed by atoms with Crippen LogP contribution in [0.5, 0.6) is 0 Å². The highest BCUT2D eigenvalue weighted by atomic mass is 15.3. The molecule has 0 unspecified atom stereocenters. The summed E-state index contributed by atoms with van der Waals surface area (Å²) < 4.78 is 1.59. The smallest absolute Gasteiger partial charge is 0.182 e. The van der Waals surface area contributed by atoms with Gasteiger partial charge in [0.1, 0.15) is 6.07 Å². The molecule has 0 saturated carbocycles. The number of aromatic nitrogens is 3. The van der Waals surface area contributed by atoms with E-state index in [1.807, 2.05) is 24.3 Å². The van der Waals surface area contributed by atoms with Gasteiger partial charge in [0, 0.05) is 17.4 Å². The summed E-state index contributed by atoms with van der Waals surface area (Å²) in [5, 5.41) is 13.2. The second kappa shape index (κ2) is 3.86. The SMILES string of the molecule is N#Cc1ccc2nc(-c3cccc(N)c3)nn2c1. The Morgan fingerprint density at radius 1 is 1.22 bits per heavy atom.